The molecule has 4 rings (SSSR count). The van der Waals surface area contributed by atoms with Crippen LogP contribution in [0.4, 0.5) is 0 Å². The highest BCUT2D eigenvalue weighted by Gasteiger charge is 2.30. The number of nitrogens with one attached hydrogen (secondary N) is 4. The zero-order chi connectivity index (χ0) is 18.1. The van der Waals surface area contributed by atoms with E-state index in [1.165, 1.54) is 0 Å². The number of rotatable bonds is 4. The molecule has 8 heteroatoms. The Morgan fingerprint density at radius 2 is 2.04 bits per heavy atom. The number of phenolic OH excluding ortho intramolecular Hbond substituents is 1. The molecule has 2 unspecified atom stereocenters. The number of H-pyrrole nitrogens is 1. The first-order valence-electron chi connectivity index (χ1n) is 8.30. The Bertz CT molecular complexity index is 940. The Morgan fingerprint density at radius 1 is 1.23 bits per heavy atom. The van der Waals surface area contributed by atoms with Crippen molar-refractivity contribution in [1.29, 1.82) is 0 Å². The molecule has 2 atom stereocenters. The minimum atomic E-state index is -0.340. The number of imidazole rings is 1. The van der Waals surface area contributed by atoms with Crippen molar-refractivity contribution in [1.82, 2.24) is 26.1 Å². The van der Waals surface area contributed by atoms with Crippen LogP contribution >= 0.6 is 11.6 Å². The fourth-order valence-corrected chi connectivity index (χ4v) is 3.24. The number of carbonyl (C=O) groups is 1. The standard InChI is InChI=1S/C18H18ClN5O2/c19-11-3-6-13-15(7-11)22-17(21-13)9-20-18(26)16-8-14(23-24-16)10-1-4-12(25)5-2-10/h1-7,14,16,23-25H,8-9H2,(H,20,26)(H,21,22). The molecule has 1 amide bonds. The van der Waals surface area contributed by atoms with Gasteiger partial charge >= 0.3 is 0 Å². The van der Waals surface area contributed by atoms with Crippen LogP contribution in [0.25, 0.3) is 11.0 Å². The third kappa shape index (κ3) is 3.50. The van der Waals surface area contributed by atoms with Crippen molar-refractivity contribution in [3.63, 3.8) is 0 Å². The van der Waals surface area contributed by atoms with Crippen LogP contribution < -0.4 is 16.2 Å². The van der Waals surface area contributed by atoms with Gasteiger partial charge < -0.3 is 15.4 Å². The number of amides is 1. The van der Waals surface area contributed by atoms with Crippen LogP contribution in [0.1, 0.15) is 23.9 Å². The number of carbonyl (C=O) groups excluding carboxylic acids is 1. The van der Waals surface area contributed by atoms with Crippen LogP contribution in [0.2, 0.25) is 5.02 Å². The van der Waals surface area contributed by atoms with E-state index in [0.717, 1.165) is 16.6 Å². The van der Waals surface area contributed by atoms with Crippen molar-refractivity contribution in [3.05, 3.63) is 58.9 Å². The van der Waals surface area contributed by atoms with Crippen molar-refractivity contribution in [2.24, 2.45) is 0 Å². The molecule has 3 aromatic rings. The van der Waals surface area contributed by atoms with Gasteiger partial charge in [0.25, 0.3) is 0 Å². The Morgan fingerprint density at radius 3 is 2.85 bits per heavy atom. The Labute approximate surface area is 154 Å². The van der Waals surface area contributed by atoms with E-state index in [0.29, 0.717) is 23.8 Å². The smallest absolute Gasteiger partial charge is 0.238 e. The zero-order valence-corrected chi connectivity index (χ0v) is 14.5. The number of aromatic nitrogens is 2. The third-order valence-corrected chi connectivity index (χ3v) is 4.67. The summed E-state index contributed by atoms with van der Waals surface area (Å²) in [7, 11) is 0. The Kier molecular flexibility index (Phi) is 4.50. The van der Waals surface area contributed by atoms with Crippen LogP contribution in [-0.2, 0) is 11.3 Å². The van der Waals surface area contributed by atoms with Crippen LogP contribution in [0.15, 0.2) is 42.5 Å². The lowest BCUT2D eigenvalue weighted by atomic mass is 10.0. The van der Waals surface area contributed by atoms with Crippen molar-refractivity contribution in [3.8, 4) is 5.75 Å². The van der Waals surface area contributed by atoms with Crippen molar-refractivity contribution >= 4 is 28.5 Å². The van der Waals surface area contributed by atoms with Gasteiger partial charge in [0.05, 0.1) is 17.6 Å². The number of fused-ring (bicyclic) bond motifs is 1. The van der Waals surface area contributed by atoms with Gasteiger partial charge in [-0.3, -0.25) is 4.79 Å². The number of aromatic amines is 1. The highest BCUT2D eigenvalue weighted by atomic mass is 35.5. The lowest BCUT2D eigenvalue weighted by Crippen LogP contribution is -2.43. The monoisotopic (exact) mass is 371 g/mol. The van der Waals surface area contributed by atoms with E-state index in [9.17, 15) is 9.90 Å². The fourth-order valence-electron chi connectivity index (χ4n) is 3.07. The molecule has 0 radical (unpaired) electrons. The van der Waals surface area contributed by atoms with E-state index in [4.69, 9.17) is 11.6 Å². The number of benzene rings is 2. The lowest BCUT2D eigenvalue weighted by molar-refractivity contribution is -0.123. The van der Waals surface area contributed by atoms with E-state index in [2.05, 4.69) is 26.1 Å². The number of halogens is 1. The summed E-state index contributed by atoms with van der Waals surface area (Å²) in [6, 6.07) is 12.1. The summed E-state index contributed by atoms with van der Waals surface area (Å²) in [6.07, 6.45) is 0.617. The maximum atomic E-state index is 12.4. The molecule has 26 heavy (non-hydrogen) atoms. The van der Waals surface area contributed by atoms with Gasteiger partial charge in [-0.25, -0.2) is 15.8 Å². The molecule has 134 valence electrons. The molecule has 0 spiro atoms. The molecule has 2 aromatic carbocycles. The second kappa shape index (κ2) is 6.95. The first-order chi connectivity index (χ1) is 12.6. The largest absolute Gasteiger partial charge is 0.508 e. The number of nitrogens with zero attached hydrogens (tertiary/aromatic N) is 1. The Hall–Kier alpha value is -2.61. The van der Waals surface area contributed by atoms with Crippen LogP contribution in [0.3, 0.4) is 0 Å². The van der Waals surface area contributed by atoms with Crippen LogP contribution in [0, 0.1) is 0 Å². The topological polar surface area (TPSA) is 102 Å². The van der Waals surface area contributed by atoms with Gasteiger partial charge in [-0.15, -0.1) is 0 Å². The average molecular weight is 372 g/mol. The predicted octanol–water partition coefficient (Wildman–Crippen LogP) is 2.15. The second-order valence-corrected chi connectivity index (χ2v) is 6.72. The maximum Gasteiger partial charge on any atom is 0.238 e. The molecule has 0 bridgehead atoms. The van der Waals surface area contributed by atoms with E-state index >= 15 is 0 Å². The molecule has 7 nitrogen and oxygen atoms in total. The summed E-state index contributed by atoms with van der Waals surface area (Å²) in [5, 5.41) is 12.9. The summed E-state index contributed by atoms with van der Waals surface area (Å²) in [5.41, 5.74) is 8.80. The SMILES string of the molecule is O=C(NCc1nc2ccc(Cl)cc2[nH]1)C1CC(c2ccc(O)cc2)NN1. The van der Waals surface area contributed by atoms with Gasteiger partial charge in [-0.1, -0.05) is 23.7 Å². The quantitative estimate of drug-likeness (QED) is 0.483. The summed E-state index contributed by atoms with van der Waals surface area (Å²) in [4.78, 5) is 20.0. The molecule has 5 N–H and O–H groups in total. The number of aromatic hydroxyl groups is 1. The van der Waals surface area contributed by atoms with Gasteiger partial charge in [0.1, 0.15) is 17.6 Å². The van der Waals surface area contributed by atoms with Crippen molar-refractivity contribution in [2.45, 2.75) is 25.0 Å². The molecule has 0 saturated carbocycles. The molecule has 1 fully saturated rings. The molecule has 2 heterocycles. The Balaban J connectivity index is 1.35. The van der Waals surface area contributed by atoms with E-state index in [1.807, 2.05) is 18.2 Å². The van der Waals surface area contributed by atoms with Crippen LogP contribution in [0.5, 0.6) is 5.75 Å². The van der Waals surface area contributed by atoms with Gasteiger partial charge in [0, 0.05) is 11.1 Å². The second-order valence-electron chi connectivity index (χ2n) is 6.28. The van der Waals surface area contributed by atoms with E-state index in [-0.39, 0.29) is 23.7 Å². The van der Waals surface area contributed by atoms with E-state index < -0.39 is 0 Å². The third-order valence-electron chi connectivity index (χ3n) is 4.44. The fraction of sp³-hybridized carbons (Fsp3) is 0.222. The van der Waals surface area contributed by atoms with Gasteiger partial charge in [-0.2, -0.15) is 0 Å². The average Bonchev–Trinajstić information content (AvgIpc) is 3.27. The van der Waals surface area contributed by atoms with Crippen molar-refractivity contribution < 1.29 is 9.90 Å². The number of hydrazine groups is 1. The first kappa shape index (κ1) is 16.8. The van der Waals surface area contributed by atoms with Gasteiger partial charge in [0.2, 0.25) is 5.91 Å². The molecule has 1 saturated heterocycles. The number of hydrogen-bond acceptors (Lipinski definition) is 5. The molecule has 1 aliphatic heterocycles. The van der Waals surface area contributed by atoms with Gasteiger partial charge in [0.15, 0.2) is 0 Å². The van der Waals surface area contributed by atoms with Crippen molar-refractivity contribution in [2.75, 3.05) is 0 Å². The highest BCUT2D eigenvalue weighted by Crippen LogP contribution is 2.24. The summed E-state index contributed by atoms with van der Waals surface area (Å²) >= 11 is 5.97. The lowest BCUT2D eigenvalue weighted by Gasteiger charge is -2.10. The highest BCUT2D eigenvalue weighted by molar-refractivity contribution is 6.31. The number of phenols is 1. The zero-order valence-electron chi connectivity index (χ0n) is 13.8. The van der Waals surface area contributed by atoms with E-state index in [1.54, 1.807) is 24.3 Å². The summed E-state index contributed by atoms with van der Waals surface area (Å²) in [5.74, 6) is 0.801. The molecule has 0 aliphatic carbocycles. The summed E-state index contributed by atoms with van der Waals surface area (Å²) < 4.78 is 0. The maximum absolute atomic E-state index is 12.4. The molecule has 1 aromatic heterocycles. The van der Waals surface area contributed by atoms with Crippen LogP contribution in [-0.4, -0.2) is 27.0 Å². The first-order valence-corrected chi connectivity index (χ1v) is 8.68. The number of hydrogen-bond donors (Lipinski definition) is 5. The molecule has 1 aliphatic rings. The summed E-state index contributed by atoms with van der Waals surface area (Å²) in [6.45, 7) is 0.313. The minimum absolute atomic E-state index is 0.0136. The molecular weight excluding hydrogens is 354 g/mol. The van der Waals surface area contributed by atoms with Gasteiger partial charge in [-0.05, 0) is 42.3 Å². The minimum Gasteiger partial charge on any atom is -0.508 e. The molecular formula is C18H18ClN5O2. The normalized spacial score (nSPS) is 19.7. The predicted molar refractivity (Wildman–Crippen MR) is 98.5 cm³/mol.